The monoisotopic (exact) mass is 370 g/mol. The Kier molecular flexibility index (Phi) is 6.41. The van der Waals surface area contributed by atoms with Gasteiger partial charge >= 0.3 is 6.09 Å². The van der Waals surface area contributed by atoms with Gasteiger partial charge in [0.2, 0.25) is 5.91 Å². The molecule has 27 heavy (non-hydrogen) atoms. The molecule has 3 rings (SSSR count). The highest BCUT2D eigenvalue weighted by Crippen LogP contribution is 2.12. The zero-order chi connectivity index (χ0) is 19.1. The van der Waals surface area contributed by atoms with Gasteiger partial charge in [0, 0.05) is 32.6 Å². The first kappa shape index (κ1) is 18.9. The lowest BCUT2D eigenvalue weighted by Crippen LogP contribution is -2.50. The first-order chi connectivity index (χ1) is 13.1. The number of piperazine rings is 1. The van der Waals surface area contributed by atoms with E-state index in [1.54, 1.807) is 28.0 Å². The molecule has 1 heterocycles. The molecular weight excluding hydrogens is 347 g/mol. The van der Waals surface area contributed by atoms with Crippen molar-refractivity contribution >= 4 is 12.0 Å². The van der Waals surface area contributed by atoms with Crippen molar-refractivity contribution in [3.63, 3.8) is 0 Å². The zero-order valence-electron chi connectivity index (χ0n) is 15.1. The maximum absolute atomic E-state index is 13.6. The number of rotatable bonds is 5. The van der Waals surface area contributed by atoms with E-state index in [0.717, 1.165) is 5.56 Å². The van der Waals surface area contributed by atoms with E-state index >= 15 is 0 Å². The topological polar surface area (TPSA) is 49.9 Å². The summed E-state index contributed by atoms with van der Waals surface area (Å²) >= 11 is 0. The Balaban J connectivity index is 1.40. The molecule has 1 aliphatic heterocycles. The predicted molar refractivity (Wildman–Crippen MR) is 99.5 cm³/mol. The molecule has 1 saturated heterocycles. The molecule has 0 bridgehead atoms. The van der Waals surface area contributed by atoms with E-state index in [4.69, 9.17) is 4.74 Å². The Morgan fingerprint density at radius 2 is 1.52 bits per heavy atom. The number of halogens is 1. The summed E-state index contributed by atoms with van der Waals surface area (Å²) < 4.78 is 19.0. The molecule has 1 aliphatic rings. The highest BCUT2D eigenvalue weighted by molar-refractivity contribution is 5.77. The van der Waals surface area contributed by atoms with Crippen molar-refractivity contribution in [3.8, 4) is 0 Å². The normalized spacial score (nSPS) is 14.1. The smallest absolute Gasteiger partial charge is 0.410 e. The molecule has 2 amide bonds. The van der Waals surface area contributed by atoms with Gasteiger partial charge < -0.3 is 14.5 Å². The van der Waals surface area contributed by atoms with Gasteiger partial charge in [-0.1, -0.05) is 48.5 Å². The van der Waals surface area contributed by atoms with Gasteiger partial charge in [0.25, 0.3) is 0 Å². The fourth-order valence-electron chi connectivity index (χ4n) is 3.05. The highest BCUT2D eigenvalue weighted by Gasteiger charge is 2.24. The van der Waals surface area contributed by atoms with Gasteiger partial charge in [0.05, 0.1) is 0 Å². The minimum absolute atomic E-state index is 0.0180. The van der Waals surface area contributed by atoms with Crippen LogP contribution in [0.4, 0.5) is 9.18 Å². The van der Waals surface area contributed by atoms with Crippen molar-refractivity contribution in [2.75, 3.05) is 26.2 Å². The summed E-state index contributed by atoms with van der Waals surface area (Å²) in [6.07, 6.45) is 0.279. The number of carbonyl (C=O) groups is 2. The summed E-state index contributed by atoms with van der Waals surface area (Å²) in [5.74, 6) is -0.299. The van der Waals surface area contributed by atoms with E-state index in [1.165, 1.54) is 6.07 Å². The van der Waals surface area contributed by atoms with Crippen LogP contribution in [0.15, 0.2) is 54.6 Å². The Labute approximate surface area is 158 Å². The zero-order valence-corrected chi connectivity index (χ0v) is 15.1. The van der Waals surface area contributed by atoms with Crippen LogP contribution < -0.4 is 0 Å². The molecule has 0 radical (unpaired) electrons. The third kappa shape index (κ3) is 5.29. The Hall–Kier alpha value is -2.89. The third-order valence-corrected chi connectivity index (χ3v) is 4.66. The summed E-state index contributed by atoms with van der Waals surface area (Å²) in [5, 5.41) is 0. The van der Waals surface area contributed by atoms with Crippen LogP contribution in [0.1, 0.15) is 17.5 Å². The van der Waals surface area contributed by atoms with E-state index in [9.17, 15) is 14.0 Å². The van der Waals surface area contributed by atoms with E-state index in [1.807, 2.05) is 30.3 Å². The largest absolute Gasteiger partial charge is 0.445 e. The minimum atomic E-state index is -0.364. The first-order valence-electron chi connectivity index (χ1n) is 9.10. The number of hydrogen-bond acceptors (Lipinski definition) is 3. The lowest BCUT2D eigenvalue weighted by Gasteiger charge is -2.34. The van der Waals surface area contributed by atoms with Crippen LogP contribution in [0.3, 0.4) is 0 Å². The number of hydrogen-bond donors (Lipinski definition) is 0. The number of amides is 2. The summed E-state index contributed by atoms with van der Waals surface area (Å²) in [5.41, 5.74) is 1.49. The summed E-state index contributed by atoms with van der Waals surface area (Å²) in [4.78, 5) is 27.8. The number of carbonyl (C=O) groups excluding carboxylic acids is 2. The molecule has 0 atom stereocenters. The van der Waals surface area contributed by atoms with Crippen LogP contribution in [0.25, 0.3) is 0 Å². The number of aryl methyl sites for hydroxylation is 1. The van der Waals surface area contributed by atoms with Crippen LogP contribution in [0.2, 0.25) is 0 Å². The van der Waals surface area contributed by atoms with Crippen molar-refractivity contribution in [3.05, 3.63) is 71.5 Å². The molecule has 6 heteroatoms. The number of benzene rings is 2. The highest BCUT2D eigenvalue weighted by atomic mass is 19.1. The van der Waals surface area contributed by atoms with Gasteiger partial charge in [0.15, 0.2) is 0 Å². The quantitative estimate of drug-likeness (QED) is 0.812. The molecule has 142 valence electrons. The minimum Gasteiger partial charge on any atom is -0.445 e. The fourth-order valence-corrected chi connectivity index (χ4v) is 3.05. The molecule has 2 aromatic rings. The van der Waals surface area contributed by atoms with E-state index < -0.39 is 0 Å². The maximum Gasteiger partial charge on any atom is 0.410 e. The Bertz CT molecular complexity index is 774. The Morgan fingerprint density at radius 3 is 2.22 bits per heavy atom. The van der Waals surface area contributed by atoms with Gasteiger partial charge in [0.1, 0.15) is 12.4 Å². The van der Waals surface area contributed by atoms with Crippen molar-refractivity contribution < 1.29 is 18.7 Å². The van der Waals surface area contributed by atoms with Crippen LogP contribution in [-0.4, -0.2) is 48.0 Å². The van der Waals surface area contributed by atoms with E-state index in [0.29, 0.717) is 38.2 Å². The standard InChI is InChI=1S/C21H23FN2O3/c22-19-9-5-4-8-18(19)10-11-20(25)23-12-14-24(15-13-23)21(26)27-16-17-6-2-1-3-7-17/h1-9H,10-16H2. The summed E-state index contributed by atoms with van der Waals surface area (Å²) in [7, 11) is 0. The molecule has 0 saturated carbocycles. The molecule has 0 spiro atoms. The van der Waals surface area contributed by atoms with Gasteiger partial charge in [-0.3, -0.25) is 4.79 Å². The van der Waals surface area contributed by atoms with Gasteiger partial charge in [-0.25, -0.2) is 9.18 Å². The number of nitrogens with zero attached hydrogens (tertiary/aromatic N) is 2. The second-order valence-electron chi connectivity index (χ2n) is 6.50. The molecule has 0 aliphatic carbocycles. The van der Waals surface area contributed by atoms with Gasteiger partial charge in [-0.2, -0.15) is 0 Å². The SMILES string of the molecule is O=C(CCc1ccccc1F)N1CCN(C(=O)OCc2ccccc2)CC1. The van der Waals surface area contributed by atoms with Gasteiger partial charge in [-0.15, -0.1) is 0 Å². The first-order valence-corrected chi connectivity index (χ1v) is 9.10. The van der Waals surface area contributed by atoms with Gasteiger partial charge in [-0.05, 0) is 23.6 Å². The third-order valence-electron chi connectivity index (χ3n) is 4.66. The fraction of sp³-hybridized carbons (Fsp3) is 0.333. The van der Waals surface area contributed by atoms with Crippen LogP contribution in [-0.2, 0) is 22.6 Å². The molecule has 5 nitrogen and oxygen atoms in total. The van der Waals surface area contributed by atoms with Crippen molar-refractivity contribution in [1.82, 2.24) is 9.80 Å². The molecule has 1 fully saturated rings. The predicted octanol–water partition coefficient (Wildman–Crippen LogP) is 3.24. The van der Waals surface area contributed by atoms with Crippen LogP contribution in [0.5, 0.6) is 0 Å². The van der Waals surface area contributed by atoms with E-state index in [2.05, 4.69) is 0 Å². The molecule has 2 aromatic carbocycles. The van der Waals surface area contributed by atoms with Crippen molar-refractivity contribution in [2.24, 2.45) is 0 Å². The Morgan fingerprint density at radius 1 is 0.889 bits per heavy atom. The summed E-state index contributed by atoms with van der Waals surface area (Å²) in [6.45, 7) is 2.06. The average Bonchev–Trinajstić information content (AvgIpc) is 2.72. The second kappa shape index (κ2) is 9.16. The van der Waals surface area contributed by atoms with Crippen LogP contribution >= 0.6 is 0 Å². The summed E-state index contributed by atoms with van der Waals surface area (Å²) in [6, 6.07) is 16.0. The van der Waals surface area contributed by atoms with Crippen molar-refractivity contribution in [1.29, 1.82) is 0 Å². The molecule has 0 aromatic heterocycles. The van der Waals surface area contributed by atoms with E-state index in [-0.39, 0.29) is 30.8 Å². The lowest BCUT2D eigenvalue weighted by atomic mass is 10.1. The molecular formula is C21H23FN2O3. The maximum atomic E-state index is 13.6. The molecule has 0 unspecified atom stereocenters. The van der Waals surface area contributed by atoms with Crippen LogP contribution in [0, 0.1) is 5.82 Å². The molecule has 0 N–H and O–H groups in total. The lowest BCUT2D eigenvalue weighted by molar-refractivity contribution is -0.132. The second-order valence-corrected chi connectivity index (χ2v) is 6.50. The average molecular weight is 370 g/mol. The van der Waals surface area contributed by atoms with Crippen molar-refractivity contribution in [2.45, 2.75) is 19.4 Å². The number of ether oxygens (including phenoxy) is 1.